The summed E-state index contributed by atoms with van der Waals surface area (Å²) in [6, 6.07) is 0. The van der Waals surface area contributed by atoms with E-state index in [9.17, 15) is 0 Å². The fourth-order valence-electron chi connectivity index (χ4n) is 1.91. The average Bonchev–Trinajstić information content (AvgIpc) is 2.07. The van der Waals surface area contributed by atoms with E-state index >= 15 is 0 Å². The van der Waals surface area contributed by atoms with Crippen molar-refractivity contribution in [1.82, 2.24) is 0 Å². The molecule has 1 unspecified atom stereocenters. The molecule has 1 atom stereocenters. The Morgan fingerprint density at radius 2 is 2.06 bits per heavy atom. The van der Waals surface area contributed by atoms with Gasteiger partial charge in [-0.05, 0) is 48.0 Å². The third-order valence-electron chi connectivity index (χ3n) is 2.49. The quantitative estimate of drug-likeness (QED) is 0.710. The van der Waals surface area contributed by atoms with E-state index in [0.717, 1.165) is 6.42 Å². The zero-order valence-electron chi connectivity index (χ0n) is 11.9. The van der Waals surface area contributed by atoms with Crippen LogP contribution in [0.2, 0.25) is 0 Å². The zero-order valence-corrected chi connectivity index (χ0v) is 11.9. The molecule has 1 aliphatic rings. The molecule has 1 aliphatic heterocycles. The maximum absolute atomic E-state index is 5.81. The van der Waals surface area contributed by atoms with Crippen molar-refractivity contribution in [2.45, 2.75) is 65.3 Å². The summed E-state index contributed by atoms with van der Waals surface area (Å²) >= 11 is 0. The molecule has 0 spiro atoms. The summed E-state index contributed by atoms with van der Waals surface area (Å²) in [6.07, 6.45) is 3.12. The second-order valence-corrected chi connectivity index (χ2v) is 6.25. The lowest BCUT2D eigenvalue weighted by Gasteiger charge is -2.37. The number of rotatable bonds is 3. The minimum absolute atomic E-state index is 0.106. The van der Waals surface area contributed by atoms with Crippen LogP contribution in [0.4, 0.5) is 0 Å². The van der Waals surface area contributed by atoms with E-state index in [1.54, 1.807) is 0 Å². The van der Waals surface area contributed by atoms with Crippen molar-refractivity contribution in [3.05, 3.63) is 12.1 Å². The molecule has 1 heterocycles. The zero-order chi connectivity index (χ0) is 13.1. The first-order valence-electron chi connectivity index (χ1n) is 6.32. The van der Waals surface area contributed by atoms with Gasteiger partial charge in [0.2, 0.25) is 0 Å². The fourth-order valence-corrected chi connectivity index (χ4v) is 1.91. The van der Waals surface area contributed by atoms with Crippen molar-refractivity contribution in [3.8, 4) is 0 Å². The van der Waals surface area contributed by atoms with E-state index in [1.807, 2.05) is 32.8 Å². The molecule has 0 aromatic rings. The topological polar surface area (TPSA) is 27.7 Å². The molecule has 1 saturated heterocycles. The van der Waals surface area contributed by atoms with Crippen molar-refractivity contribution in [3.63, 3.8) is 0 Å². The first-order chi connectivity index (χ1) is 7.68. The normalized spacial score (nSPS) is 25.5. The van der Waals surface area contributed by atoms with Gasteiger partial charge < -0.3 is 14.0 Å². The maximum atomic E-state index is 5.81. The molecule has 0 amide bonds. The van der Waals surface area contributed by atoms with Gasteiger partial charge in [0.25, 0.3) is 0 Å². The van der Waals surface area contributed by atoms with Crippen LogP contribution in [0.1, 0.15) is 48.0 Å². The third kappa shape index (κ3) is 6.25. The molecule has 0 bridgehead atoms. The molecule has 1 fully saturated rings. The van der Waals surface area contributed by atoms with Crippen LogP contribution in [0.15, 0.2) is 12.1 Å². The predicted octanol–water partition coefficient (Wildman–Crippen LogP) is 2.99. The van der Waals surface area contributed by atoms with E-state index in [1.165, 1.54) is 0 Å². The van der Waals surface area contributed by atoms with Gasteiger partial charge in [0.05, 0.1) is 17.8 Å². The Morgan fingerprint density at radius 3 is 2.59 bits per heavy atom. The summed E-state index contributed by atoms with van der Waals surface area (Å²) in [6.45, 7) is 13.0. The van der Waals surface area contributed by atoms with E-state index in [-0.39, 0.29) is 24.4 Å². The number of hydrogen-bond donors (Lipinski definition) is 0. The lowest BCUT2D eigenvalue weighted by atomic mass is 9.82. The molecule has 0 aromatic carbocycles. The van der Waals surface area contributed by atoms with Crippen molar-refractivity contribution < 1.29 is 14.0 Å². The van der Waals surface area contributed by atoms with Gasteiger partial charge in [-0.15, -0.1) is 0 Å². The van der Waals surface area contributed by atoms with Gasteiger partial charge in [-0.1, -0.05) is 12.1 Å². The van der Waals surface area contributed by atoms with Gasteiger partial charge in [0, 0.05) is 6.10 Å². The summed E-state index contributed by atoms with van der Waals surface area (Å²) in [4.78, 5) is 0. The lowest BCUT2D eigenvalue weighted by molar-refractivity contribution is -0.0240. The van der Waals surface area contributed by atoms with Crippen LogP contribution in [0.5, 0.6) is 0 Å². The average molecular weight is 240 g/mol. The second kappa shape index (κ2) is 5.55. The monoisotopic (exact) mass is 240 g/mol. The third-order valence-corrected chi connectivity index (χ3v) is 2.49. The first kappa shape index (κ1) is 14.7. The Balaban J connectivity index is 2.38. The van der Waals surface area contributed by atoms with Crippen molar-refractivity contribution >= 4 is 7.12 Å². The molecule has 0 radical (unpaired) electrons. The highest BCUT2D eigenvalue weighted by Gasteiger charge is 2.35. The summed E-state index contributed by atoms with van der Waals surface area (Å²) in [5.74, 6) is 1.93. The maximum Gasteiger partial charge on any atom is 0.486 e. The van der Waals surface area contributed by atoms with Crippen molar-refractivity contribution in [1.29, 1.82) is 0 Å². The van der Waals surface area contributed by atoms with Crippen LogP contribution in [-0.2, 0) is 14.0 Å². The van der Waals surface area contributed by atoms with Gasteiger partial charge >= 0.3 is 7.12 Å². The molecule has 0 aromatic heterocycles. The highest BCUT2D eigenvalue weighted by Crippen LogP contribution is 2.25. The second-order valence-electron chi connectivity index (χ2n) is 6.25. The largest absolute Gasteiger partial charge is 0.486 e. The van der Waals surface area contributed by atoms with E-state index in [2.05, 4.69) is 20.8 Å². The van der Waals surface area contributed by atoms with Gasteiger partial charge in [-0.25, -0.2) is 0 Å². The highest BCUT2D eigenvalue weighted by atomic mass is 16.6. The van der Waals surface area contributed by atoms with Gasteiger partial charge in [-0.2, -0.15) is 0 Å². The standard InChI is InChI=1S/C13H25BO3/c1-11-10-13(5,6)17-14(16-11)8-7-9-15-12(2,3)4/h7-8,11H,9-10H2,1-6H3/b8-7+. The van der Waals surface area contributed by atoms with Crippen LogP contribution < -0.4 is 0 Å². The molecule has 0 aliphatic carbocycles. The van der Waals surface area contributed by atoms with Crippen LogP contribution in [0, 0.1) is 0 Å². The molecule has 0 saturated carbocycles. The van der Waals surface area contributed by atoms with Crippen LogP contribution in [0.25, 0.3) is 0 Å². The molecule has 3 nitrogen and oxygen atoms in total. The smallest absolute Gasteiger partial charge is 0.405 e. The summed E-state index contributed by atoms with van der Waals surface area (Å²) in [5, 5.41) is 0. The first-order valence-corrected chi connectivity index (χ1v) is 6.32. The van der Waals surface area contributed by atoms with E-state index in [4.69, 9.17) is 14.0 Å². The number of ether oxygens (including phenoxy) is 1. The SMILES string of the molecule is CC1CC(C)(C)OB(/C=C/COC(C)(C)C)O1. The van der Waals surface area contributed by atoms with Gasteiger partial charge in [0.15, 0.2) is 0 Å². The van der Waals surface area contributed by atoms with Crippen molar-refractivity contribution in [2.75, 3.05) is 6.61 Å². The van der Waals surface area contributed by atoms with Gasteiger partial charge in [-0.3, -0.25) is 0 Å². The molecule has 1 rings (SSSR count). The lowest BCUT2D eigenvalue weighted by Crippen LogP contribution is -2.45. The molecule has 0 N–H and O–H groups in total. The summed E-state index contributed by atoms with van der Waals surface area (Å²) in [5.41, 5.74) is -0.220. The molecule has 98 valence electrons. The Kier molecular flexibility index (Phi) is 4.81. The highest BCUT2D eigenvalue weighted by molar-refractivity contribution is 6.51. The minimum atomic E-state index is -0.252. The Labute approximate surface area is 106 Å². The molecular weight excluding hydrogens is 215 g/mol. The Hall–Kier alpha value is -0.315. The minimum Gasteiger partial charge on any atom is -0.405 e. The van der Waals surface area contributed by atoms with Crippen LogP contribution >= 0.6 is 0 Å². The predicted molar refractivity (Wildman–Crippen MR) is 70.9 cm³/mol. The fraction of sp³-hybridized carbons (Fsp3) is 0.846. The van der Waals surface area contributed by atoms with Crippen LogP contribution in [0.3, 0.4) is 0 Å². The van der Waals surface area contributed by atoms with E-state index < -0.39 is 0 Å². The molecular formula is C13H25BO3. The summed E-state index contributed by atoms with van der Waals surface area (Å²) in [7, 11) is -0.252. The van der Waals surface area contributed by atoms with Gasteiger partial charge in [0.1, 0.15) is 0 Å². The van der Waals surface area contributed by atoms with E-state index in [0.29, 0.717) is 6.61 Å². The Bertz CT molecular complexity index is 268. The van der Waals surface area contributed by atoms with Crippen molar-refractivity contribution in [2.24, 2.45) is 0 Å². The number of hydrogen-bond acceptors (Lipinski definition) is 3. The summed E-state index contributed by atoms with van der Waals surface area (Å²) < 4.78 is 17.1. The Morgan fingerprint density at radius 1 is 1.41 bits per heavy atom. The molecule has 17 heavy (non-hydrogen) atoms. The van der Waals surface area contributed by atoms with Crippen LogP contribution in [-0.4, -0.2) is 31.0 Å². The molecule has 4 heteroatoms.